The lowest BCUT2D eigenvalue weighted by molar-refractivity contribution is 0.0232. The van der Waals surface area contributed by atoms with Crippen LogP contribution in [0.25, 0.3) is 0 Å². The Bertz CT molecular complexity index is 585. The molecule has 1 saturated carbocycles. The Balaban J connectivity index is 2.16. The van der Waals surface area contributed by atoms with Gasteiger partial charge < -0.3 is 19.9 Å². The van der Waals surface area contributed by atoms with Crippen molar-refractivity contribution in [2.45, 2.75) is 58.3 Å². The first kappa shape index (κ1) is 18.9. The number of methoxy groups -OCH3 is 1. The van der Waals surface area contributed by atoms with Gasteiger partial charge in [0.05, 0.1) is 29.9 Å². The van der Waals surface area contributed by atoms with Crippen LogP contribution in [0.3, 0.4) is 0 Å². The van der Waals surface area contributed by atoms with E-state index >= 15 is 0 Å². The van der Waals surface area contributed by atoms with Gasteiger partial charge in [-0.25, -0.2) is 0 Å². The summed E-state index contributed by atoms with van der Waals surface area (Å²) in [5.74, 6) is 1.08. The van der Waals surface area contributed by atoms with Crippen LogP contribution in [0.5, 0.6) is 11.5 Å². The highest BCUT2D eigenvalue weighted by atomic mass is 35.5. The maximum atomic E-state index is 12.6. The second kappa shape index (κ2) is 8.08. The third kappa shape index (κ3) is 4.33. The molecule has 0 radical (unpaired) electrons. The van der Waals surface area contributed by atoms with Crippen LogP contribution < -0.4 is 14.8 Å². The van der Waals surface area contributed by atoms with E-state index in [9.17, 15) is 9.90 Å². The molecule has 1 fully saturated rings. The van der Waals surface area contributed by atoms with Crippen LogP contribution in [0, 0.1) is 5.92 Å². The van der Waals surface area contributed by atoms with Gasteiger partial charge in [0.2, 0.25) is 0 Å². The summed E-state index contributed by atoms with van der Waals surface area (Å²) in [4.78, 5) is 12.6. The maximum absolute atomic E-state index is 12.6. The van der Waals surface area contributed by atoms with Gasteiger partial charge in [-0.05, 0) is 45.1 Å². The molecule has 134 valence electrons. The standard InChI is InChI=1S/C18H26ClNO4/c1-5-15(11-6-12(21)7-11)20-18(22)13-8-16(23-4)17(9-14(13)19)24-10(2)3/h8-12,15,21H,5-7H2,1-4H3,(H,20,22)/t11?,12?,15-/m0/s1. The van der Waals surface area contributed by atoms with Crippen LogP contribution in [0.4, 0.5) is 0 Å². The summed E-state index contributed by atoms with van der Waals surface area (Å²) in [5.41, 5.74) is 0.364. The van der Waals surface area contributed by atoms with Crippen LogP contribution in [-0.2, 0) is 0 Å². The Morgan fingerprint density at radius 3 is 2.54 bits per heavy atom. The van der Waals surface area contributed by atoms with E-state index in [1.165, 1.54) is 7.11 Å². The predicted octanol–water partition coefficient (Wildman–Crippen LogP) is 3.42. The largest absolute Gasteiger partial charge is 0.493 e. The van der Waals surface area contributed by atoms with E-state index in [2.05, 4.69) is 5.32 Å². The van der Waals surface area contributed by atoms with Crippen LogP contribution >= 0.6 is 11.6 Å². The molecule has 0 unspecified atom stereocenters. The average Bonchev–Trinajstić information content (AvgIpc) is 2.49. The van der Waals surface area contributed by atoms with E-state index in [4.69, 9.17) is 21.1 Å². The van der Waals surface area contributed by atoms with Gasteiger partial charge in [-0.1, -0.05) is 18.5 Å². The Hall–Kier alpha value is -1.46. The van der Waals surface area contributed by atoms with Gasteiger partial charge in [0.15, 0.2) is 11.5 Å². The van der Waals surface area contributed by atoms with Crippen LogP contribution in [0.2, 0.25) is 5.02 Å². The number of benzene rings is 1. The molecule has 1 aliphatic rings. The fourth-order valence-corrected chi connectivity index (χ4v) is 3.21. The van der Waals surface area contributed by atoms with E-state index in [0.717, 1.165) is 19.3 Å². The summed E-state index contributed by atoms with van der Waals surface area (Å²) < 4.78 is 11.0. The van der Waals surface area contributed by atoms with Crippen LogP contribution in [-0.4, -0.2) is 36.4 Å². The lowest BCUT2D eigenvalue weighted by Gasteiger charge is -2.37. The van der Waals surface area contributed by atoms with Gasteiger partial charge in [-0.3, -0.25) is 4.79 Å². The number of rotatable bonds is 7. The number of hydrogen-bond donors (Lipinski definition) is 2. The molecule has 1 amide bonds. The number of carbonyl (C=O) groups excluding carboxylic acids is 1. The maximum Gasteiger partial charge on any atom is 0.253 e. The zero-order valence-electron chi connectivity index (χ0n) is 14.6. The molecule has 0 heterocycles. The zero-order valence-corrected chi connectivity index (χ0v) is 15.4. The average molecular weight is 356 g/mol. The smallest absolute Gasteiger partial charge is 0.253 e. The number of aliphatic hydroxyl groups excluding tert-OH is 1. The van der Waals surface area contributed by atoms with E-state index in [1.807, 2.05) is 20.8 Å². The minimum absolute atomic E-state index is 0.0239. The molecule has 1 aliphatic carbocycles. The highest BCUT2D eigenvalue weighted by Crippen LogP contribution is 2.35. The molecule has 6 heteroatoms. The van der Waals surface area contributed by atoms with E-state index in [0.29, 0.717) is 28.0 Å². The fourth-order valence-electron chi connectivity index (χ4n) is 2.97. The zero-order chi connectivity index (χ0) is 17.9. The normalized spacial score (nSPS) is 21.1. The first-order valence-corrected chi connectivity index (χ1v) is 8.76. The topological polar surface area (TPSA) is 67.8 Å². The molecular formula is C18H26ClNO4. The van der Waals surface area contributed by atoms with Crippen LogP contribution in [0.15, 0.2) is 12.1 Å². The molecule has 0 bridgehead atoms. The highest BCUT2D eigenvalue weighted by Gasteiger charge is 2.34. The summed E-state index contributed by atoms with van der Waals surface area (Å²) in [5, 5.41) is 12.8. The van der Waals surface area contributed by atoms with E-state index in [-0.39, 0.29) is 24.2 Å². The number of ether oxygens (including phenoxy) is 2. The second-order valence-corrected chi connectivity index (χ2v) is 6.93. The lowest BCUT2D eigenvalue weighted by Crippen LogP contribution is -2.46. The van der Waals surface area contributed by atoms with Crippen LogP contribution in [0.1, 0.15) is 50.4 Å². The van der Waals surface area contributed by atoms with E-state index in [1.54, 1.807) is 12.1 Å². The Labute approximate surface area is 148 Å². The van der Waals surface area contributed by atoms with Gasteiger partial charge in [-0.2, -0.15) is 0 Å². The summed E-state index contributed by atoms with van der Waals surface area (Å²) in [6.07, 6.45) is 2.02. The number of amides is 1. The molecule has 2 N–H and O–H groups in total. The number of halogens is 1. The first-order chi connectivity index (χ1) is 11.3. The Morgan fingerprint density at radius 2 is 2.04 bits per heavy atom. The molecule has 0 aromatic heterocycles. The Kier molecular flexibility index (Phi) is 6.35. The minimum atomic E-state index is -0.239. The predicted molar refractivity (Wildman–Crippen MR) is 94.0 cm³/mol. The van der Waals surface area contributed by atoms with Gasteiger partial charge in [0.25, 0.3) is 5.91 Å². The van der Waals surface area contributed by atoms with Crippen molar-refractivity contribution in [3.63, 3.8) is 0 Å². The van der Waals surface area contributed by atoms with Crippen molar-refractivity contribution in [2.75, 3.05) is 7.11 Å². The quantitative estimate of drug-likeness (QED) is 0.786. The number of nitrogens with one attached hydrogen (secondary N) is 1. The molecule has 1 aromatic rings. The molecule has 5 nitrogen and oxygen atoms in total. The summed E-state index contributed by atoms with van der Waals surface area (Å²) in [6, 6.07) is 3.26. The van der Waals surface area contributed by atoms with Crippen molar-refractivity contribution in [3.05, 3.63) is 22.7 Å². The highest BCUT2D eigenvalue weighted by molar-refractivity contribution is 6.34. The van der Waals surface area contributed by atoms with Crippen molar-refractivity contribution >= 4 is 17.5 Å². The van der Waals surface area contributed by atoms with Gasteiger partial charge >= 0.3 is 0 Å². The number of aliphatic hydroxyl groups is 1. The summed E-state index contributed by atoms with van der Waals surface area (Å²) in [7, 11) is 1.53. The SMILES string of the molecule is CC[C@H](NC(=O)c1cc(OC)c(OC(C)C)cc1Cl)C1CC(O)C1. The fraction of sp³-hybridized carbons (Fsp3) is 0.611. The summed E-state index contributed by atoms with van der Waals surface area (Å²) in [6.45, 7) is 5.84. The Morgan fingerprint density at radius 1 is 1.38 bits per heavy atom. The summed E-state index contributed by atoms with van der Waals surface area (Å²) >= 11 is 6.28. The minimum Gasteiger partial charge on any atom is -0.493 e. The van der Waals surface area contributed by atoms with Gasteiger partial charge in [-0.15, -0.1) is 0 Å². The molecule has 1 atom stereocenters. The number of carbonyl (C=O) groups is 1. The van der Waals surface area contributed by atoms with Crippen molar-refractivity contribution in [3.8, 4) is 11.5 Å². The first-order valence-electron chi connectivity index (χ1n) is 8.38. The van der Waals surface area contributed by atoms with Crippen molar-refractivity contribution < 1.29 is 19.4 Å². The van der Waals surface area contributed by atoms with Gasteiger partial charge in [0, 0.05) is 12.1 Å². The second-order valence-electron chi connectivity index (χ2n) is 6.52. The third-order valence-electron chi connectivity index (χ3n) is 4.34. The van der Waals surface area contributed by atoms with Gasteiger partial charge in [0.1, 0.15) is 0 Å². The molecule has 0 spiro atoms. The molecule has 0 saturated heterocycles. The number of hydrogen-bond acceptors (Lipinski definition) is 4. The molecule has 0 aliphatic heterocycles. The third-order valence-corrected chi connectivity index (χ3v) is 4.65. The molecule has 2 rings (SSSR count). The lowest BCUT2D eigenvalue weighted by atomic mass is 9.76. The van der Waals surface area contributed by atoms with Crippen molar-refractivity contribution in [1.29, 1.82) is 0 Å². The molecule has 1 aromatic carbocycles. The van der Waals surface area contributed by atoms with Crippen molar-refractivity contribution in [1.82, 2.24) is 5.32 Å². The van der Waals surface area contributed by atoms with Crippen molar-refractivity contribution in [2.24, 2.45) is 5.92 Å². The van der Waals surface area contributed by atoms with E-state index < -0.39 is 0 Å². The molecule has 24 heavy (non-hydrogen) atoms. The monoisotopic (exact) mass is 355 g/mol. The molecular weight excluding hydrogens is 330 g/mol.